The van der Waals surface area contributed by atoms with Crippen LogP contribution in [0.5, 0.6) is 0 Å². The van der Waals surface area contributed by atoms with Crippen LogP contribution in [0.4, 0.5) is 6.01 Å². The number of aryl methyl sites for hydroxylation is 1. The lowest BCUT2D eigenvalue weighted by atomic mass is 9.92. The van der Waals surface area contributed by atoms with Gasteiger partial charge in [0, 0.05) is 6.92 Å². The van der Waals surface area contributed by atoms with Gasteiger partial charge in [-0.2, -0.15) is 0 Å². The van der Waals surface area contributed by atoms with Crippen LogP contribution in [0.2, 0.25) is 0 Å². The summed E-state index contributed by atoms with van der Waals surface area (Å²) in [4.78, 5) is 2.28. The lowest BCUT2D eigenvalue weighted by Gasteiger charge is -2.18. The second kappa shape index (κ2) is 3.09. The van der Waals surface area contributed by atoms with Crippen molar-refractivity contribution in [3.63, 3.8) is 0 Å². The monoisotopic (exact) mass is 227 g/mol. The maximum absolute atomic E-state index is 5.58. The third-order valence-corrected chi connectivity index (χ3v) is 3.84. The molecule has 0 spiro atoms. The molecule has 4 nitrogen and oxygen atoms in total. The van der Waals surface area contributed by atoms with E-state index >= 15 is 0 Å². The molecule has 2 atom stereocenters. The Morgan fingerprint density at radius 1 is 1.12 bits per heavy atom. The van der Waals surface area contributed by atoms with Crippen LogP contribution in [0, 0.1) is 6.92 Å². The molecule has 1 saturated heterocycles. The van der Waals surface area contributed by atoms with E-state index in [0.29, 0.717) is 24.0 Å². The molecule has 17 heavy (non-hydrogen) atoms. The zero-order chi connectivity index (χ0) is 11.4. The number of anilines is 1. The summed E-state index contributed by atoms with van der Waals surface area (Å²) in [5.41, 5.74) is 2.86. The maximum Gasteiger partial charge on any atom is 0.319 e. The van der Waals surface area contributed by atoms with Gasteiger partial charge in [0.1, 0.15) is 0 Å². The first kappa shape index (κ1) is 9.22. The molecule has 0 amide bonds. The minimum absolute atomic E-state index is 0.427. The van der Waals surface area contributed by atoms with E-state index in [1.165, 1.54) is 24.0 Å². The molecule has 2 aliphatic rings. The highest BCUT2D eigenvalue weighted by molar-refractivity contribution is 5.52. The van der Waals surface area contributed by atoms with Gasteiger partial charge in [-0.3, -0.25) is 0 Å². The molecule has 0 N–H and O–H groups in total. The minimum atomic E-state index is 0.427. The Morgan fingerprint density at radius 3 is 2.29 bits per heavy atom. The summed E-state index contributed by atoms with van der Waals surface area (Å²) >= 11 is 0. The molecular formula is C13H13N3O. The molecule has 1 aromatic heterocycles. The van der Waals surface area contributed by atoms with Crippen LogP contribution in [0.25, 0.3) is 0 Å². The average molecular weight is 227 g/mol. The van der Waals surface area contributed by atoms with Crippen LogP contribution < -0.4 is 4.90 Å². The molecule has 2 aromatic rings. The van der Waals surface area contributed by atoms with Gasteiger partial charge in [-0.05, 0) is 24.0 Å². The minimum Gasteiger partial charge on any atom is -0.408 e. The fourth-order valence-corrected chi connectivity index (χ4v) is 3.20. The molecule has 2 aliphatic heterocycles. The quantitative estimate of drug-likeness (QED) is 0.751. The molecule has 1 aromatic carbocycles. The molecule has 1 fully saturated rings. The van der Waals surface area contributed by atoms with Crippen molar-refractivity contribution in [2.45, 2.75) is 31.8 Å². The normalized spacial score (nSPS) is 25.4. The highest BCUT2D eigenvalue weighted by Gasteiger charge is 2.45. The Kier molecular flexibility index (Phi) is 1.68. The number of rotatable bonds is 1. The van der Waals surface area contributed by atoms with Crippen LogP contribution in [-0.2, 0) is 0 Å². The van der Waals surface area contributed by atoms with Crippen LogP contribution >= 0.6 is 0 Å². The van der Waals surface area contributed by atoms with Gasteiger partial charge < -0.3 is 9.32 Å². The largest absolute Gasteiger partial charge is 0.408 e. The second-order valence-corrected chi connectivity index (χ2v) is 4.75. The fourth-order valence-electron chi connectivity index (χ4n) is 3.20. The van der Waals surface area contributed by atoms with Gasteiger partial charge in [-0.25, -0.2) is 0 Å². The smallest absolute Gasteiger partial charge is 0.319 e. The Hall–Kier alpha value is -1.84. The van der Waals surface area contributed by atoms with E-state index in [-0.39, 0.29) is 0 Å². The van der Waals surface area contributed by atoms with Crippen molar-refractivity contribution in [3.8, 4) is 0 Å². The van der Waals surface area contributed by atoms with Crippen molar-refractivity contribution in [2.24, 2.45) is 0 Å². The molecule has 0 aliphatic carbocycles. The number of hydrogen-bond acceptors (Lipinski definition) is 4. The van der Waals surface area contributed by atoms with E-state index in [2.05, 4.69) is 39.4 Å². The van der Waals surface area contributed by atoms with Crippen LogP contribution in [0.1, 0.15) is 41.9 Å². The second-order valence-electron chi connectivity index (χ2n) is 4.75. The third-order valence-electron chi connectivity index (χ3n) is 3.84. The predicted octanol–water partition coefficient (Wildman–Crippen LogP) is 2.77. The van der Waals surface area contributed by atoms with Crippen molar-refractivity contribution in [1.82, 2.24) is 10.2 Å². The van der Waals surface area contributed by atoms with Gasteiger partial charge in [-0.15, -0.1) is 5.10 Å². The van der Waals surface area contributed by atoms with Gasteiger partial charge in [0.05, 0.1) is 12.1 Å². The molecular weight excluding hydrogens is 214 g/mol. The van der Waals surface area contributed by atoms with Crippen molar-refractivity contribution < 1.29 is 4.42 Å². The van der Waals surface area contributed by atoms with Gasteiger partial charge >= 0.3 is 6.01 Å². The Bertz CT molecular complexity index is 547. The summed E-state index contributed by atoms with van der Waals surface area (Å²) in [5.74, 6) is 0.635. The number of aromatic nitrogens is 2. The molecule has 4 heteroatoms. The van der Waals surface area contributed by atoms with Gasteiger partial charge in [0.15, 0.2) is 0 Å². The first-order valence-corrected chi connectivity index (χ1v) is 6.02. The predicted molar refractivity (Wildman–Crippen MR) is 62.7 cm³/mol. The number of nitrogens with zero attached hydrogens (tertiary/aromatic N) is 3. The summed E-state index contributed by atoms with van der Waals surface area (Å²) in [6.45, 7) is 1.83. The zero-order valence-corrected chi connectivity index (χ0v) is 9.63. The highest BCUT2D eigenvalue weighted by Crippen LogP contribution is 2.54. The average Bonchev–Trinajstić information content (AvgIpc) is 3.01. The summed E-state index contributed by atoms with van der Waals surface area (Å²) in [6, 6.07) is 10.2. The van der Waals surface area contributed by atoms with Crippen LogP contribution in [0.3, 0.4) is 0 Å². The molecule has 86 valence electrons. The van der Waals surface area contributed by atoms with Gasteiger partial charge in [-0.1, -0.05) is 29.4 Å². The van der Waals surface area contributed by atoms with Crippen molar-refractivity contribution in [1.29, 1.82) is 0 Å². The highest BCUT2D eigenvalue weighted by atomic mass is 16.4. The molecule has 4 rings (SSSR count). The van der Waals surface area contributed by atoms with E-state index in [1.807, 2.05) is 6.92 Å². The van der Waals surface area contributed by atoms with Crippen LogP contribution in [0.15, 0.2) is 28.7 Å². The summed E-state index contributed by atoms with van der Waals surface area (Å²) in [6.07, 6.45) is 2.37. The van der Waals surface area contributed by atoms with Crippen molar-refractivity contribution >= 4 is 6.01 Å². The first-order chi connectivity index (χ1) is 8.34. The van der Waals surface area contributed by atoms with Gasteiger partial charge in [0.2, 0.25) is 5.89 Å². The van der Waals surface area contributed by atoms with Gasteiger partial charge in [0.25, 0.3) is 0 Å². The summed E-state index contributed by atoms with van der Waals surface area (Å²) in [5, 5.41) is 8.09. The lowest BCUT2D eigenvalue weighted by molar-refractivity contribution is 0.493. The van der Waals surface area contributed by atoms with E-state index in [1.54, 1.807) is 0 Å². The standard InChI is InChI=1S/C13H13N3O/c1-8-14-15-13(17-8)16-11-6-7-12(16)10-5-3-2-4-9(10)11/h2-5,11-12H,6-7H2,1H3. The number of hydrogen-bond donors (Lipinski definition) is 0. The topological polar surface area (TPSA) is 42.2 Å². The van der Waals surface area contributed by atoms with Crippen molar-refractivity contribution in [2.75, 3.05) is 4.90 Å². The van der Waals surface area contributed by atoms with Crippen LogP contribution in [-0.4, -0.2) is 10.2 Å². The van der Waals surface area contributed by atoms with E-state index in [0.717, 1.165) is 0 Å². The third kappa shape index (κ3) is 1.12. The molecule has 3 heterocycles. The fraction of sp³-hybridized carbons (Fsp3) is 0.385. The molecule has 0 radical (unpaired) electrons. The zero-order valence-electron chi connectivity index (χ0n) is 9.63. The number of fused-ring (bicyclic) bond motifs is 5. The molecule has 0 saturated carbocycles. The summed E-state index contributed by atoms with van der Waals surface area (Å²) in [7, 11) is 0. The SMILES string of the molecule is Cc1nnc(N2C3CCC2c2ccccc23)o1. The maximum atomic E-state index is 5.58. The molecule has 2 unspecified atom stereocenters. The summed E-state index contributed by atoms with van der Waals surface area (Å²) < 4.78 is 5.58. The van der Waals surface area contributed by atoms with E-state index in [9.17, 15) is 0 Å². The lowest BCUT2D eigenvalue weighted by Crippen LogP contribution is -2.18. The Labute approximate surface area is 99.3 Å². The van der Waals surface area contributed by atoms with Crippen molar-refractivity contribution in [3.05, 3.63) is 41.3 Å². The Morgan fingerprint density at radius 2 is 1.76 bits per heavy atom. The van der Waals surface area contributed by atoms with E-state index < -0.39 is 0 Å². The molecule has 2 bridgehead atoms. The van der Waals surface area contributed by atoms with E-state index in [4.69, 9.17) is 4.42 Å². The first-order valence-electron chi connectivity index (χ1n) is 6.02. The Balaban J connectivity index is 1.83. The number of benzene rings is 1.